The molecule has 0 radical (unpaired) electrons. The van der Waals surface area contributed by atoms with Crippen molar-refractivity contribution in [1.29, 1.82) is 0 Å². The number of benzene rings is 1. The number of piperidine rings is 1. The Labute approximate surface area is 111 Å². The smallest absolute Gasteiger partial charge is 0.0342 e. The summed E-state index contributed by atoms with van der Waals surface area (Å²) in [6.07, 6.45) is 2.38. The zero-order valence-corrected chi connectivity index (χ0v) is 12.1. The van der Waals surface area contributed by atoms with Crippen LogP contribution in [0.25, 0.3) is 0 Å². The average Bonchev–Trinajstić information content (AvgIpc) is 2.28. The molecule has 1 saturated heterocycles. The minimum atomic E-state index is 0.258. The Morgan fingerprint density at radius 1 is 1.22 bits per heavy atom. The van der Waals surface area contributed by atoms with Crippen LogP contribution in [0.5, 0.6) is 0 Å². The normalized spacial score (nSPS) is 23.1. The molecule has 0 bridgehead atoms. The van der Waals surface area contributed by atoms with Gasteiger partial charge < -0.3 is 10.6 Å². The van der Waals surface area contributed by atoms with Gasteiger partial charge >= 0.3 is 0 Å². The van der Waals surface area contributed by atoms with Crippen molar-refractivity contribution in [3.63, 3.8) is 0 Å². The zero-order valence-electron chi connectivity index (χ0n) is 12.1. The van der Waals surface area contributed by atoms with Crippen LogP contribution in [0.1, 0.15) is 52.0 Å². The Morgan fingerprint density at radius 2 is 1.89 bits per heavy atom. The van der Waals surface area contributed by atoms with Gasteiger partial charge in [-0.15, -0.1) is 0 Å². The minimum Gasteiger partial charge on any atom is -0.382 e. The van der Waals surface area contributed by atoms with Gasteiger partial charge in [-0.25, -0.2) is 0 Å². The highest BCUT2D eigenvalue weighted by Crippen LogP contribution is 2.23. The third kappa shape index (κ3) is 3.49. The molecule has 1 aromatic carbocycles. The molecule has 1 aliphatic rings. The molecule has 1 atom stereocenters. The van der Waals surface area contributed by atoms with Gasteiger partial charge in [0.15, 0.2) is 0 Å². The first kappa shape index (κ1) is 13.4. The Kier molecular flexibility index (Phi) is 3.96. The summed E-state index contributed by atoms with van der Waals surface area (Å²) >= 11 is 0. The molecule has 0 spiro atoms. The second-order valence-electron chi connectivity index (χ2n) is 6.42. The van der Waals surface area contributed by atoms with Crippen molar-refractivity contribution in [2.24, 2.45) is 0 Å². The molecule has 1 aliphatic heterocycles. The molecule has 1 aromatic rings. The van der Waals surface area contributed by atoms with E-state index < -0.39 is 0 Å². The first-order chi connectivity index (χ1) is 8.46. The van der Waals surface area contributed by atoms with Gasteiger partial charge in [0, 0.05) is 17.3 Å². The van der Waals surface area contributed by atoms with Crippen molar-refractivity contribution in [3.05, 3.63) is 29.8 Å². The molecule has 2 heteroatoms. The Balaban J connectivity index is 1.97. The summed E-state index contributed by atoms with van der Waals surface area (Å²) in [6.45, 7) is 10.1. The summed E-state index contributed by atoms with van der Waals surface area (Å²) < 4.78 is 0. The summed E-state index contributed by atoms with van der Waals surface area (Å²) in [5.41, 5.74) is 2.92. The number of hydrogen-bond acceptors (Lipinski definition) is 2. The molecule has 2 N–H and O–H groups in total. The predicted molar refractivity (Wildman–Crippen MR) is 79.3 cm³/mol. The van der Waals surface area contributed by atoms with Crippen molar-refractivity contribution in [2.75, 3.05) is 11.9 Å². The summed E-state index contributed by atoms with van der Waals surface area (Å²) in [5.74, 6) is 0.608. The average molecular weight is 246 g/mol. The molecule has 0 saturated carbocycles. The van der Waals surface area contributed by atoms with Gasteiger partial charge in [-0.3, -0.25) is 0 Å². The highest BCUT2D eigenvalue weighted by atomic mass is 15.0. The van der Waals surface area contributed by atoms with E-state index in [1.165, 1.54) is 24.1 Å². The van der Waals surface area contributed by atoms with E-state index in [0.717, 1.165) is 6.54 Å². The largest absolute Gasteiger partial charge is 0.382 e. The van der Waals surface area contributed by atoms with Crippen molar-refractivity contribution in [1.82, 2.24) is 5.32 Å². The van der Waals surface area contributed by atoms with E-state index in [1.807, 2.05) is 0 Å². The predicted octanol–water partition coefficient (Wildman–Crippen LogP) is 3.75. The van der Waals surface area contributed by atoms with Crippen LogP contribution >= 0.6 is 0 Å². The molecule has 100 valence electrons. The van der Waals surface area contributed by atoms with E-state index in [9.17, 15) is 0 Å². The van der Waals surface area contributed by atoms with Crippen molar-refractivity contribution in [3.8, 4) is 0 Å². The van der Waals surface area contributed by atoms with Gasteiger partial charge in [-0.2, -0.15) is 0 Å². The van der Waals surface area contributed by atoms with Crippen molar-refractivity contribution in [2.45, 2.75) is 58.0 Å². The minimum absolute atomic E-state index is 0.258. The molecule has 1 fully saturated rings. The number of rotatable bonds is 3. The van der Waals surface area contributed by atoms with E-state index >= 15 is 0 Å². The van der Waals surface area contributed by atoms with Gasteiger partial charge in [0.2, 0.25) is 0 Å². The first-order valence-corrected chi connectivity index (χ1v) is 7.08. The third-order valence-electron chi connectivity index (χ3n) is 3.80. The highest BCUT2D eigenvalue weighted by Gasteiger charge is 2.27. The van der Waals surface area contributed by atoms with E-state index in [-0.39, 0.29) is 5.54 Å². The Hall–Kier alpha value is -1.02. The van der Waals surface area contributed by atoms with Gasteiger partial charge in [0.05, 0.1) is 0 Å². The summed E-state index contributed by atoms with van der Waals surface area (Å²) in [7, 11) is 0. The molecular weight excluding hydrogens is 220 g/mol. The maximum Gasteiger partial charge on any atom is 0.0342 e. The van der Waals surface area contributed by atoms with E-state index in [2.05, 4.69) is 62.6 Å². The van der Waals surface area contributed by atoms with Crippen LogP contribution in [-0.4, -0.2) is 18.1 Å². The van der Waals surface area contributed by atoms with E-state index in [1.54, 1.807) is 0 Å². The maximum absolute atomic E-state index is 3.66. The molecule has 2 rings (SSSR count). The molecular formula is C16H26N2. The molecule has 0 aromatic heterocycles. The fraction of sp³-hybridized carbons (Fsp3) is 0.625. The topological polar surface area (TPSA) is 24.1 Å². The SMILES string of the molecule is CC(C)c1ccc(NC2CCNC(C)(C)C2)cc1. The fourth-order valence-corrected chi connectivity index (χ4v) is 2.70. The van der Waals surface area contributed by atoms with E-state index in [4.69, 9.17) is 0 Å². The summed E-state index contributed by atoms with van der Waals surface area (Å²) in [6, 6.07) is 9.49. The molecule has 18 heavy (non-hydrogen) atoms. The summed E-state index contributed by atoms with van der Waals surface area (Å²) in [4.78, 5) is 0. The van der Waals surface area contributed by atoms with Gasteiger partial charge in [0.25, 0.3) is 0 Å². The number of hydrogen-bond donors (Lipinski definition) is 2. The molecule has 2 nitrogen and oxygen atoms in total. The van der Waals surface area contributed by atoms with Crippen LogP contribution in [0.2, 0.25) is 0 Å². The van der Waals surface area contributed by atoms with Gasteiger partial charge in [0.1, 0.15) is 0 Å². The van der Waals surface area contributed by atoms with Crippen LogP contribution in [0.3, 0.4) is 0 Å². The third-order valence-corrected chi connectivity index (χ3v) is 3.80. The standard InChI is InChI=1S/C16H26N2/c1-12(2)13-5-7-14(8-6-13)18-15-9-10-17-16(3,4)11-15/h5-8,12,15,17-18H,9-11H2,1-4H3. The zero-order chi connectivity index (χ0) is 13.2. The monoisotopic (exact) mass is 246 g/mol. The lowest BCUT2D eigenvalue weighted by atomic mass is 9.89. The molecule has 1 unspecified atom stereocenters. The van der Waals surface area contributed by atoms with Crippen LogP contribution in [-0.2, 0) is 0 Å². The molecule has 1 heterocycles. The quantitative estimate of drug-likeness (QED) is 0.848. The Morgan fingerprint density at radius 3 is 2.44 bits per heavy atom. The van der Waals surface area contributed by atoms with Gasteiger partial charge in [-0.1, -0.05) is 26.0 Å². The maximum atomic E-state index is 3.66. The second kappa shape index (κ2) is 5.31. The second-order valence-corrected chi connectivity index (χ2v) is 6.42. The summed E-state index contributed by atoms with van der Waals surface area (Å²) in [5, 5.41) is 7.22. The van der Waals surface area contributed by atoms with Crippen LogP contribution in [0.4, 0.5) is 5.69 Å². The highest BCUT2D eigenvalue weighted by molar-refractivity contribution is 5.46. The van der Waals surface area contributed by atoms with Crippen LogP contribution in [0, 0.1) is 0 Å². The number of nitrogens with one attached hydrogen (secondary N) is 2. The van der Waals surface area contributed by atoms with Crippen LogP contribution in [0.15, 0.2) is 24.3 Å². The fourth-order valence-electron chi connectivity index (χ4n) is 2.70. The van der Waals surface area contributed by atoms with Crippen molar-refractivity contribution < 1.29 is 0 Å². The molecule has 0 amide bonds. The van der Waals surface area contributed by atoms with Crippen LogP contribution < -0.4 is 10.6 Å². The number of anilines is 1. The lowest BCUT2D eigenvalue weighted by molar-refractivity contribution is 0.286. The van der Waals surface area contributed by atoms with E-state index in [0.29, 0.717) is 12.0 Å². The van der Waals surface area contributed by atoms with Gasteiger partial charge in [-0.05, 0) is 56.8 Å². The first-order valence-electron chi connectivity index (χ1n) is 7.08. The molecule has 0 aliphatic carbocycles. The lowest BCUT2D eigenvalue weighted by Gasteiger charge is -2.37. The lowest BCUT2D eigenvalue weighted by Crippen LogP contribution is -2.49. The van der Waals surface area contributed by atoms with Crippen molar-refractivity contribution >= 4 is 5.69 Å². The Bertz CT molecular complexity index is 379.